The fourth-order valence-corrected chi connectivity index (χ4v) is 0.312. The van der Waals surface area contributed by atoms with Crippen LogP contribution in [0.15, 0.2) is 12.7 Å². The number of hydrogen-bond donors (Lipinski definition) is 2. The number of carbonyl (C=O) groups excluding carboxylic acids is 1. The van der Waals surface area contributed by atoms with Crippen molar-refractivity contribution < 1.29 is 19.7 Å². The Bertz CT molecular complexity index is 121. The third-order valence-electron chi connectivity index (χ3n) is 0.788. The van der Waals surface area contributed by atoms with E-state index >= 15 is 0 Å². The number of aliphatic hydroxyl groups is 2. The van der Waals surface area contributed by atoms with Gasteiger partial charge in [-0.25, -0.2) is 4.79 Å². The summed E-state index contributed by atoms with van der Waals surface area (Å²) in [5.74, 6) is -0.831. The molecule has 4 heteroatoms. The Morgan fingerprint density at radius 2 is 2.40 bits per heavy atom. The summed E-state index contributed by atoms with van der Waals surface area (Å²) in [4.78, 5) is 10.5. The summed E-state index contributed by atoms with van der Waals surface area (Å²) >= 11 is 0. The quantitative estimate of drug-likeness (QED) is 0.397. The first kappa shape index (κ1) is 9.13. The maximum absolute atomic E-state index is 10.5. The van der Waals surface area contributed by atoms with Crippen LogP contribution < -0.4 is 0 Å². The Balaban J connectivity index is 3.51. The lowest BCUT2D eigenvalue weighted by Gasteiger charge is -2.04. The summed E-state index contributed by atoms with van der Waals surface area (Å²) in [6, 6.07) is 0. The third kappa shape index (κ3) is 3.21. The van der Waals surface area contributed by atoms with Crippen LogP contribution in [0.5, 0.6) is 0 Å². The summed E-state index contributed by atoms with van der Waals surface area (Å²) in [7, 11) is 0. The number of ether oxygens (including phenoxy) is 1. The summed E-state index contributed by atoms with van der Waals surface area (Å²) in [6.45, 7) is 2.73. The zero-order valence-electron chi connectivity index (χ0n) is 5.49. The van der Waals surface area contributed by atoms with Gasteiger partial charge in [0.05, 0.1) is 6.61 Å². The molecule has 0 bridgehead atoms. The highest BCUT2D eigenvalue weighted by Crippen LogP contribution is 1.86. The first-order valence-electron chi connectivity index (χ1n) is 2.78. The zero-order chi connectivity index (χ0) is 7.98. The first-order valence-corrected chi connectivity index (χ1v) is 2.78. The van der Waals surface area contributed by atoms with Crippen molar-refractivity contribution in [2.45, 2.75) is 6.10 Å². The molecule has 58 valence electrons. The molecule has 1 atom stereocenters. The Labute approximate surface area is 58.7 Å². The Kier molecular flexibility index (Phi) is 4.53. The molecule has 0 aromatic rings. The van der Waals surface area contributed by atoms with Crippen LogP contribution in [0.4, 0.5) is 0 Å². The van der Waals surface area contributed by atoms with Crippen molar-refractivity contribution in [3.63, 3.8) is 0 Å². The minimum Gasteiger partial charge on any atom is -0.459 e. The lowest BCUT2D eigenvalue weighted by molar-refractivity contribution is -0.154. The molecule has 2 N–H and O–H groups in total. The van der Waals surface area contributed by atoms with E-state index in [9.17, 15) is 4.79 Å². The smallest absolute Gasteiger partial charge is 0.337 e. The molecule has 0 saturated heterocycles. The summed E-state index contributed by atoms with van der Waals surface area (Å²) in [6.07, 6.45) is -0.0536. The molecule has 0 aliphatic rings. The second-order valence-corrected chi connectivity index (χ2v) is 1.62. The van der Waals surface area contributed by atoms with Crippen LogP contribution in [0.1, 0.15) is 0 Å². The molecule has 0 spiro atoms. The molecular weight excluding hydrogens is 136 g/mol. The van der Waals surface area contributed by atoms with E-state index in [0.29, 0.717) is 0 Å². The van der Waals surface area contributed by atoms with Crippen molar-refractivity contribution >= 4 is 5.97 Å². The topological polar surface area (TPSA) is 66.8 Å². The number of aliphatic hydroxyl groups excluding tert-OH is 2. The maximum Gasteiger partial charge on any atom is 0.337 e. The fraction of sp³-hybridized carbons (Fsp3) is 0.500. The number of esters is 1. The van der Waals surface area contributed by atoms with Crippen LogP contribution in [0.2, 0.25) is 0 Å². The van der Waals surface area contributed by atoms with Gasteiger partial charge in [-0.2, -0.15) is 0 Å². The highest BCUT2D eigenvalue weighted by atomic mass is 16.5. The van der Waals surface area contributed by atoms with Crippen molar-refractivity contribution in [1.82, 2.24) is 0 Å². The van der Waals surface area contributed by atoms with E-state index in [1.54, 1.807) is 0 Å². The van der Waals surface area contributed by atoms with E-state index in [-0.39, 0.29) is 6.61 Å². The maximum atomic E-state index is 10.5. The van der Waals surface area contributed by atoms with Crippen LogP contribution in [0.3, 0.4) is 0 Å². The Morgan fingerprint density at radius 1 is 1.80 bits per heavy atom. The monoisotopic (exact) mass is 146 g/mol. The molecule has 0 aromatic carbocycles. The molecule has 0 rings (SSSR count). The minimum atomic E-state index is -1.43. The molecule has 0 saturated carbocycles. The standard InChI is InChI=1S/C6H10O4/c1-2-3-10-6(9)5(8)4-7/h2,5,7-8H,1,3-4H2/t5-/m0/s1. The minimum absolute atomic E-state index is 0.0515. The second kappa shape index (κ2) is 4.96. The van der Waals surface area contributed by atoms with E-state index in [4.69, 9.17) is 10.2 Å². The predicted octanol–water partition coefficient (Wildman–Crippen LogP) is -0.931. The highest BCUT2D eigenvalue weighted by molar-refractivity contribution is 5.74. The highest BCUT2D eigenvalue weighted by Gasteiger charge is 2.13. The molecular formula is C6H10O4. The van der Waals surface area contributed by atoms with Gasteiger partial charge in [-0.1, -0.05) is 12.7 Å². The largest absolute Gasteiger partial charge is 0.459 e. The van der Waals surface area contributed by atoms with Gasteiger partial charge in [0.25, 0.3) is 0 Å². The summed E-state index contributed by atoms with van der Waals surface area (Å²) < 4.78 is 4.38. The number of carbonyl (C=O) groups is 1. The lowest BCUT2D eigenvalue weighted by Crippen LogP contribution is -2.26. The van der Waals surface area contributed by atoms with Gasteiger partial charge in [-0.05, 0) is 0 Å². The second-order valence-electron chi connectivity index (χ2n) is 1.62. The van der Waals surface area contributed by atoms with E-state index in [2.05, 4.69) is 11.3 Å². The van der Waals surface area contributed by atoms with Crippen LogP contribution in [-0.2, 0) is 9.53 Å². The molecule has 0 aliphatic carbocycles. The van der Waals surface area contributed by atoms with Gasteiger partial charge in [0.2, 0.25) is 0 Å². The van der Waals surface area contributed by atoms with Crippen molar-refractivity contribution in [3.8, 4) is 0 Å². The predicted molar refractivity (Wildman–Crippen MR) is 34.2 cm³/mol. The van der Waals surface area contributed by atoms with Gasteiger partial charge in [0.15, 0.2) is 6.10 Å². The van der Waals surface area contributed by atoms with Crippen molar-refractivity contribution in [1.29, 1.82) is 0 Å². The Morgan fingerprint density at radius 3 is 2.80 bits per heavy atom. The van der Waals surface area contributed by atoms with Crippen molar-refractivity contribution in [3.05, 3.63) is 12.7 Å². The van der Waals surface area contributed by atoms with E-state index < -0.39 is 18.7 Å². The van der Waals surface area contributed by atoms with E-state index in [1.807, 2.05) is 0 Å². The van der Waals surface area contributed by atoms with E-state index in [0.717, 1.165) is 0 Å². The molecule has 0 fully saturated rings. The van der Waals surface area contributed by atoms with Gasteiger partial charge >= 0.3 is 5.97 Å². The molecule has 0 aromatic heterocycles. The van der Waals surface area contributed by atoms with Crippen molar-refractivity contribution in [2.24, 2.45) is 0 Å². The third-order valence-corrected chi connectivity index (χ3v) is 0.788. The van der Waals surface area contributed by atoms with Gasteiger partial charge < -0.3 is 14.9 Å². The normalized spacial score (nSPS) is 12.2. The zero-order valence-corrected chi connectivity index (χ0v) is 5.49. The molecule has 10 heavy (non-hydrogen) atoms. The molecule has 4 nitrogen and oxygen atoms in total. The van der Waals surface area contributed by atoms with Gasteiger partial charge in [0, 0.05) is 0 Å². The number of rotatable bonds is 4. The van der Waals surface area contributed by atoms with Gasteiger partial charge in [0.1, 0.15) is 6.61 Å². The fourth-order valence-electron chi connectivity index (χ4n) is 0.312. The van der Waals surface area contributed by atoms with Crippen LogP contribution in [-0.4, -0.2) is 35.5 Å². The first-order chi connectivity index (χ1) is 4.72. The molecule has 0 amide bonds. The lowest BCUT2D eigenvalue weighted by atomic mass is 10.4. The van der Waals surface area contributed by atoms with Crippen LogP contribution >= 0.6 is 0 Å². The molecule has 0 heterocycles. The average molecular weight is 146 g/mol. The average Bonchev–Trinajstić information content (AvgIpc) is 1.98. The molecule has 0 unspecified atom stereocenters. The number of hydrogen-bond acceptors (Lipinski definition) is 4. The van der Waals surface area contributed by atoms with Crippen LogP contribution in [0, 0.1) is 0 Å². The summed E-state index contributed by atoms with van der Waals surface area (Å²) in [5, 5.41) is 16.8. The van der Waals surface area contributed by atoms with Gasteiger partial charge in [-0.15, -0.1) is 0 Å². The van der Waals surface area contributed by atoms with Gasteiger partial charge in [-0.3, -0.25) is 0 Å². The SMILES string of the molecule is C=CCOC(=O)[C@@H](O)CO. The molecule has 0 radical (unpaired) electrons. The van der Waals surface area contributed by atoms with Crippen LogP contribution in [0.25, 0.3) is 0 Å². The van der Waals surface area contributed by atoms with E-state index in [1.165, 1.54) is 6.08 Å². The summed E-state index contributed by atoms with van der Waals surface area (Å²) in [5.41, 5.74) is 0. The Hall–Kier alpha value is -0.870. The van der Waals surface area contributed by atoms with Crippen molar-refractivity contribution in [2.75, 3.05) is 13.2 Å². The molecule has 0 aliphatic heterocycles.